The summed E-state index contributed by atoms with van der Waals surface area (Å²) in [5.74, 6) is 0.367. The summed E-state index contributed by atoms with van der Waals surface area (Å²) in [4.78, 5) is 29.1. The van der Waals surface area contributed by atoms with Crippen LogP contribution in [0.4, 0.5) is 0 Å². The molecular weight excluding hydrogens is 422 g/mol. The first-order valence-corrected chi connectivity index (χ1v) is 10.1. The van der Waals surface area contributed by atoms with Crippen molar-refractivity contribution in [3.63, 3.8) is 0 Å². The van der Waals surface area contributed by atoms with E-state index >= 15 is 0 Å². The van der Waals surface area contributed by atoms with Crippen molar-refractivity contribution in [1.29, 1.82) is 0 Å². The molecule has 0 radical (unpaired) electrons. The topological polar surface area (TPSA) is 83.4 Å². The normalized spacial score (nSPS) is 14.0. The van der Waals surface area contributed by atoms with Crippen molar-refractivity contribution < 1.29 is 28.5 Å². The van der Waals surface area contributed by atoms with Crippen LogP contribution in [0.15, 0.2) is 77.4 Å². The van der Waals surface area contributed by atoms with E-state index in [4.69, 9.17) is 18.9 Å². The third-order valence-corrected chi connectivity index (χ3v) is 4.92. The minimum Gasteiger partial charge on any atom is -0.497 e. The molecule has 0 aliphatic carbocycles. The van der Waals surface area contributed by atoms with Gasteiger partial charge in [0.1, 0.15) is 5.75 Å². The second kappa shape index (κ2) is 9.40. The molecule has 0 fully saturated rings. The maximum atomic E-state index is 12.4. The molecule has 0 saturated heterocycles. The van der Waals surface area contributed by atoms with Gasteiger partial charge in [-0.05, 0) is 61.0 Å². The Kier molecular flexibility index (Phi) is 6.22. The molecule has 33 heavy (non-hydrogen) atoms. The number of esters is 2. The summed E-state index contributed by atoms with van der Waals surface area (Å²) in [6.45, 7) is 1.94. The Balaban J connectivity index is 1.56. The first-order chi connectivity index (χ1) is 16.0. The SMILES string of the molecule is COc1cccc(C2=N/C(=C\c3ccc(OC(=O)c4ccc(C)cc4)c(OC)c3)C(=O)O2)c1. The van der Waals surface area contributed by atoms with E-state index in [1.807, 2.05) is 19.1 Å². The predicted molar refractivity (Wildman–Crippen MR) is 123 cm³/mol. The van der Waals surface area contributed by atoms with Crippen LogP contribution in [0.1, 0.15) is 27.0 Å². The molecule has 166 valence electrons. The largest absolute Gasteiger partial charge is 0.497 e. The Labute approximate surface area is 190 Å². The summed E-state index contributed by atoms with van der Waals surface area (Å²) in [5, 5.41) is 0. The van der Waals surface area contributed by atoms with Crippen LogP contribution in [0, 0.1) is 6.92 Å². The van der Waals surface area contributed by atoms with Gasteiger partial charge in [-0.25, -0.2) is 14.6 Å². The predicted octanol–water partition coefficient (Wildman–Crippen LogP) is 4.58. The zero-order valence-corrected chi connectivity index (χ0v) is 18.3. The monoisotopic (exact) mass is 443 g/mol. The van der Waals surface area contributed by atoms with Crippen molar-refractivity contribution in [2.75, 3.05) is 14.2 Å². The minimum absolute atomic E-state index is 0.138. The maximum absolute atomic E-state index is 12.4. The van der Waals surface area contributed by atoms with E-state index < -0.39 is 11.9 Å². The average Bonchev–Trinajstić information content (AvgIpc) is 3.20. The number of methoxy groups -OCH3 is 2. The second-order valence-electron chi connectivity index (χ2n) is 7.23. The summed E-state index contributed by atoms with van der Waals surface area (Å²) in [6, 6.07) is 19.1. The molecule has 4 rings (SSSR count). The standard InChI is InChI=1S/C26H21NO6/c1-16-7-10-18(11-8-16)25(28)32-22-12-9-17(14-23(22)31-3)13-21-26(29)33-24(27-21)19-5-4-6-20(15-19)30-2/h4-15H,1-3H3/b21-13-. The van der Waals surface area contributed by atoms with Gasteiger partial charge in [0.25, 0.3) is 0 Å². The van der Waals surface area contributed by atoms with Crippen molar-refractivity contribution in [3.8, 4) is 17.2 Å². The number of aliphatic imine (C=N–C) groups is 1. The number of carbonyl (C=O) groups excluding carboxylic acids is 2. The lowest BCUT2D eigenvalue weighted by Gasteiger charge is -2.10. The molecule has 0 saturated carbocycles. The number of hydrogen-bond acceptors (Lipinski definition) is 7. The van der Waals surface area contributed by atoms with Crippen LogP contribution >= 0.6 is 0 Å². The highest BCUT2D eigenvalue weighted by atomic mass is 16.6. The van der Waals surface area contributed by atoms with Gasteiger partial charge in [0.05, 0.1) is 19.8 Å². The Bertz CT molecular complexity index is 1270. The lowest BCUT2D eigenvalue weighted by Crippen LogP contribution is -2.09. The highest BCUT2D eigenvalue weighted by molar-refractivity contribution is 6.13. The number of hydrogen-bond donors (Lipinski definition) is 0. The van der Waals surface area contributed by atoms with Gasteiger partial charge in [-0.1, -0.05) is 29.8 Å². The highest BCUT2D eigenvalue weighted by Crippen LogP contribution is 2.30. The Morgan fingerprint density at radius 1 is 0.939 bits per heavy atom. The maximum Gasteiger partial charge on any atom is 0.363 e. The molecule has 0 atom stereocenters. The molecule has 0 bridgehead atoms. The van der Waals surface area contributed by atoms with Crippen LogP contribution in [0.3, 0.4) is 0 Å². The summed E-state index contributed by atoms with van der Waals surface area (Å²) < 4.78 is 21.4. The lowest BCUT2D eigenvalue weighted by molar-refractivity contribution is -0.129. The molecule has 0 unspecified atom stereocenters. The fourth-order valence-electron chi connectivity index (χ4n) is 3.15. The van der Waals surface area contributed by atoms with Gasteiger partial charge in [-0.15, -0.1) is 0 Å². The van der Waals surface area contributed by atoms with Crippen molar-refractivity contribution in [2.24, 2.45) is 4.99 Å². The summed E-state index contributed by atoms with van der Waals surface area (Å²) in [7, 11) is 3.03. The minimum atomic E-state index is -0.568. The molecule has 3 aromatic carbocycles. The molecule has 0 N–H and O–H groups in total. The molecule has 7 nitrogen and oxygen atoms in total. The van der Waals surface area contributed by atoms with Gasteiger partial charge in [-0.3, -0.25) is 0 Å². The van der Waals surface area contributed by atoms with Crippen LogP contribution in [0.5, 0.6) is 17.2 Å². The molecule has 1 heterocycles. The van der Waals surface area contributed by atoms with Gasteiger partial charge < -0.3 is 18.9 Å². The second-order valence-corrected chi connectivity index (χ2v) is 7.23. The average molecular weight is 443 g/mol. The van der Waals surface area contributed by atoms with E-state index in [1.54, 1.807) is 67.8 Å². The van der Waals surface area contributed by atoms with Gasteiger partial charge in [0, 0.05) is 5.56 Å². The molecule has 1 aliphatic heterocycles. The van der Waals surface area contributed by atoms with E-state index in [0.29, 0.717) is 28.2 Å². The molecule has 3 aromatic rings. The van der Waals surface area contributed by atoms with E-state index in [9.17, 15) is 9.59 Å². The van der Waals surface area contributed by atoms with Gasteiger partial charge in [0.2, 0.25) is 5.90 Å². The number of nitrogens with zero attached hydrogens (tertiary/aromatic N) is 1. The van der Waals surface area contributed by atoms with Gasteiger partial charge >= 0.3 is 11.9 Å². The molecule has 0 aromatic heterocycles. The van der Waals surface area contributed by atoms with E-state index in [1.165, 1.54) is 7.11 Å². The van der Waals surface area contributed by atoms with Gasteiger partial charge in [-0.2, -0.15) is 0 Å². The Morgan fingerprint density at radius 2 is 1.73 bits per heavy atom. The fourth-order valence-corrected chi connectivity index (χ4v) is 3.15. The lowest BCUT2D eigenvalue weighted by atomic mass is 10.1. The van der Waals surface area contributed by atoms with E-state index in [-0.39, 0.29) is 17.3 Å². The smallest absolute Gasteiger partial charge is 0.363 e. The summed E-state index contributed by atoms with van der Waals surface area (Å²) in [6.07, 6.45) is 1.57. The molecule has 7 heteroatoms. The number of benzene rings is 3. The third-order valence-electron chi connectivity index (χ3n) is 4.92. The highest BCUT2D eigenvalue weighted by Gasteiger charge is 2.24. The third kappa shape index (κ3) is 4.93. The zero-order chi connectivity index (χ0) is 23.4. The Hall–Kier alpha value is -4.39. The summed E-state index contributed by atoms with van der Waals surface area (Å²) in [5.41, 5.74) is 2.87. The van der Waals surface area contributed by atoms with Crippen molar-refractivity contribution >= 4 is 23.9 Å². The fraction of sp³-hybridized carbons (Fsp3) is 0.115. The quantitative estimate of drug-likeness (QED) is 0.315. The summed E-state index contributed by atoms with van der Waals surface area (Å²) >= 11 is 0. The van der Waals surface area contributed by atoms with Crippen LogP contribution in [-0.2, 0) is 9.53 Å². The molecule has 0 spiro atoms. The van der Waals surface area contributed by atoms with E-state index in [2.05, 4.69) is 4.99 Å². The van der Waals surface area contributed by atoms with Gasteiger partial charge in [0.15, 0.2) is 17.2 Å². The van der Waals surface area contributed by atoms with Crippen LogP contribution in [0.25, 0.3) is 6.08 Å². The van der Waals surface area contributed by atoms with Crippen LogP contribution in [-0.4, -0.2) is 32.1 Å². The Morgan fingerprint density at radius 3 is 2.45 bits per heavy atom. The molecule has 0 amide bonds. The number of cyclic esters (lactones) is 1. The van der Waals surface area contributed by atoms with E-state index in [0.717, 1.165) is 5.56 Å². The first-order valence-electron chi connectivity index (χ1n) is 10.1. The molecule has 1 aliphatic rings. The number of ether oxygens (including phenoxy) is 4. The van der Waals surface area contributed by atoms with Crippen LogP contribution < -0.4 is 14.2 Å². The number of aryl methyl sites for hydroxylation is 1. The first kappa shape index (κ1) is 21.8. The number of carbonyl (C=O) groups is 2. The van der Waals surface area contributed by atoms with Crippen molar-refractivity contribution in [1.82, 2.24) is 0 Å². The number of rotatable bonds is 6. The molecular formula is C26H21NO6. The van der Waals surface area contributed by atoms with Crippen molar-refractivity contribution in [3.05, 3.63) is 94.7 Å². The zero-order valence-electron chi connectivity index (χ0n) is 18.3. The van der Waals surface area contributed by atoms with Crippen LogP contribution in [0.2, 0.25) is 0 Å². The van der Waals surface area contributed by atoms with Crippen molar-refractivity contribution in [2.45, 2.75) is 6.92 Å².